The molecule has 0 fully saturated rings. The van der Waals surface area contributed by atoms with E-state index in [9.17, 15) is 4.39 Å². The van der Waals surface area contributed by atoms with Crippen LogP contribution < -0.4 is 4.74 Å². The molecule has 0 bridgehead atoms. The van der Waals surface area contributed by atoms with Crippen molar-refractivity contribution in [1.29, 1.82) is 0 Å². The Bertz CT molecular complexity index is 318. The molecule has 0 saturated carbocycles. The Morgan fingerprint density at radius 1 is 1.43 bits per heavy atom. The van der Waals surface area contributed by atoms with Crippen LogP contribution in [0.5, 0.6) is 5.75 Å². The van der Waals surface area contributed by atoms with Crippen molar-refractivity contribution in [1.82, 2.24) is 0 Å². The van der Waals surface area contributed by atoms with E-state index < -0.39 is 0 Å². The van der Waals surface area contributed by atoms with Crippen LogP contribution in [0, 0.1) is 5.82 Å². The second-order valence-corrected chi connectivity index (χ2v) is 5.16. The summed E-state index contributed by atoms with van der Waals surface area (Å²) in [5, 5.41) is 0. The smallest absolute Gasteiger partial charge is 0.123 e. The highest BCUT2D eigenvalue weighted by atomic mass is 32.1. The van der Waals surface area contributed by atoms with Crippen molar-refractivity contribution in [3.05, 3.63) is 29.6 Å². The van der Waals surface area contributed by atoms with E-state index in [2.05, 4.69) is 12.6 Å². The fourth-order valence-corrected chi connectivity index (χ4v) is 1.52. The molecule has 0 radical (unpaired) electrons. The highest BCUT2D eigenvalue weighted by Gasteiger charge is 2.15. The van der Waals surface area contributed by atoms with Gasteiger partial charge in [0.25, 0.3) is 0 Å². The maximum atomic E-state index is 13.0. The Hall–Kier alpha value is -0.700. The van der Waals surface area contributed by atoms with Crippen LogP contribution in [0.4, 0.5) is 4.39 Å². The van der Waals surface area contributed by atoms with Crippen molar-refractivity contribution in [2.45, 2.75) is 25.0 Å². The Morgan fingerprint density at radius 3 is 2.57 bits per heavy atom. The number of ether oxygens (including phenoxy) is 1. The third-order valence-electron chi connectivity index (χ3n) is 1.87. The van der Waals surface area contributed by atoms with Crippen LogP contribution in [-0.2, 0) is 6.42 Å². The molecule has 0 aromatic heterocycles. The fraction of sp³-hybridized carbons (Fsp3) is 0.455. The summed E-state index contributed by atoms with van der Waals surface area (Å²) in [6.07, 6.45) is 0.678. The predicted octanol–water partition coefficient (Wildman–Crippen LogP) is 3.09. The molecule has 3 heteroatoms. The summed E-state index contributed by atoms with van der Waals surface area (Å²) in [4.78, 5) is 0. The average molecular weight is 214 g/mol. The number of rotatable bonds is 3. The minimum atomic E-state index is -0.238. The summed E-state index contributed by atoms with van der Waals surface area (Å²) in [6.45, 7) is 3.97. The lowest BCUT2D eigenvalue weighted by Gasteiger charge is -2.18. The Balaban J connectivity index is 2.99. The van der Waals surface area contributed by atoms with Crippen molar-refractivity contribution in [3.63, 3.8) is 0 Å². The second-order valence-electron chi connectivity index (χ2n) is 3.95. The van der Waals surface area contributed by atoms with E-state index in [-0.39, 0.29) is 10.6 Å². The lowest BCUT2D eigenvalue weighted by Crippen LogP contribution is -2.15. The van der Waals surface area contributed by atoms with E-state index in [0.717, 1.165) is 5.56 Å². The Labute approximate surface area is 89.7 Å². The molecule has 1 aromatic carbocycles. The molecule has 0 unspecified atom stereocenters. The minimum Gasteiger partial charge on any atom is -0.496 e. The largest absolute Gasteiger partial charge is 0.496 e. The Morgan fingerprint density at radius 2 is 2.07 bits per heavy atom. The van der Waals surface area contributed by atoms with Gasteiger partial charge in [-0.1, -0.05) is 13.8 Å². The standard InChI is InChI=1S/C11H15FOS/c1-11(2,14)7-8-6-9(12)4-5-10(8)13-3/h4-6,14H,7H2,1-3H3. The van der Waals surface area contributed by atoms with Crippen molar-refractivity contribution < 1.29 is 9.13 Å². The van der Waals surface area contributed by atoms with E-state index in [1.165, 1.54) is 12.1 Å². The number of hydrogen-bond donors (Lipinski definition) is 1. The zero-order valence-electron chi connectivity index (χ0n) is 8.67. The summed E-state index contributed by atoms with van der Waals surface area (Å²) in [6, 6.07) is 4.54. The molecular weight excluding hydrogens is 199 g/mol. The van der Waals surface area contributed by atoms with Gasteiger partial charge in [0, 0.05) is 4.75 Å². The summed E-state index contributed by atoms with van der Waals surface area (Å²) >= 11 is 4.41. The van der Waals surface area contributed by atoms with Crippen LogP contribution in [0.3, 0.4) is 0 Å². The SMILES string of the molecule is COc1ccc(F)cc1CC(C)(C)S. The number of thiol groups is 1. The third-order valence-corrected chi connectivity index (χ3v) is 2.02. The van der Waals surface area contributed by atoms with Crippen LogP contribution >= 0.6 is 12.6 Å². The van der Waals surface area contributed by atoms with Gasteiger partial charge in [0.2, 0.25) is 0 Å². The molecule has 1 nitrogen and oxygen atoms in total. The highest BCUT2D eigenvalue weighted by molar-refractivity contribution is 7.81. The molecule has 0 amide bonds. The normalized spacial score (nSPS) is 11.5. The first-order valence-electron chi connectivity index (χ1n) is 4.47. The van der Waals surface area contributed by atoms with Gasteiger partial charge in [-0.3, -0.25) is 0 Å². The van der Waals surface area contributed by atoms with Gasteiger partial charge in [0.05, 0.1) is 7.11 Å². The Kier molecular flexibility index (Phi) is 3.43. The van der Waals surface area contributed by atoms with Gasteiger partial charge < -0.3 is 4.74 Å². The van der Waals surface area contributed by atoms with Gasteiger partial charge in [-0.05, 0) is 30.2 Å². The van der Waals surface area contributed by atoms with E-state index in [0.29, 0.717) is 12.2 Å². The fourth-order valence-electron chi connectivity index (χ4n) is 1.35. The zero-order chi connectivity index (χ0) is 10.8. The number of hydrogen-bond acceptors (Lipinski definition) is 2. The first-order chi connectivity index (χ1) is 6.42. The molecule has 0 spiro atoms. The molecule has 0 heterocycles. The van der Waals surface area contributed by atoms with Gasteiger partial charge >= 0.3 is 0 Å². The molecular formula is C11H15FOS. The summed E-state index contributed by atoms with van der Waals surface area (Å²) < 4.78 is 18.0. The molecule has 0 aliphatic heterocycles. The molecule has 0 aliphatic carbocycles. The maximum Gasteiger partial charge on any atom is 0.123 e. The first-order valence-corrected chi connectivity index (χ1v) is 4.92. The molecule has 78 valence electrons. The van der Waals surface area contributed by atoms with Crippen molar-refractivity contribution in [2.75, 3.05) is 7.11 Å². The van der Waals surface area contributed by atoms with E-state index in [1.54, 1.807) is 13.2 Å². The summed E-state index contributed by atoms with van der Waals surface area (Å²) in [5.74, 6) is 0.479. The monoisotopic (exact) mass is 214 g/mol. The molecule has 14 heavy (non-hydrogen) atoms. The number of methoxy groups -OCH3 is 1. The highest BCUT2D eigenvalue weighted by Crippen LogP contribution is 2.26. The van der Waals surface area contributed by atoms with Crippen LogP contribution in [0.15, 0.2) is 18.2 Å². The van der Waals surface area contributed by atoms with E-state index in [4.69, 9.17) is 4.74 Å². The zero-order valence-corrected chi connectivity index (χ0v) is 9.57. The molecule has 1 aromatic rings. The number of benzene rings is 1. The van der Waals surface area contributed by atoms with Crippen LogP contribution in [0.25, 0.3) is 0 Å². The molecule has 0 saturated heterocycles. The van der Waals surface area contributed by atoms with Gasteiger partial charge in [-0.2, -0.15) is 12.6 Å². The van der Waals surface area contributed by atoms with E-state index in [1.807, 2.05) is 13.8 Å². The number of halogens is 1. The van der Waals surface area contributed by atoms with Gasteiger partial charge in [0.15, 0.2) is 0 Å². The van der Waals surface area contributed by atoms with Crippen LogP contribution in [0.1, 0.15) is 19.4 Å². The van der Waals surface area contributed by atoms with Gasteiger partial charge in [-0.15, -0.1) is 0 Å². The molecule has 0 atom stereocenters. The second kappa shape index (κ2) is 4.22. The van der Waals surface area contributed by atoms with Crippen LogP contribution in [-0.4, -0.2) is 11.9 Å². The van der Waals surface area contributed by atoms with Crippen molar-refractivity contribution in [2.24, 2.45) is 0 Å². The first kappa shape index (κ1) is 11.4. The average Bonchev–Trinajstić information content (AvgIpc) is 2.01. The lowest BCUT2D eigenvalue weighted by atomic mass is 10.0. The molecule has 0 aliphatic rings. The van der Waals surface area contributed by atoms with Crippen LogP contribution in [0.2, 0.25) is 0 Å². The van der Waals surface area contributed by atoms with Crippen molar-refractivity contribution in [3.8, 4) is 5.75 Å². The summed E-state index contributed by atoms with van der Waals surface area (Å²) in [5.41, 5.74) is 0.854. The molecule has 1 rings (SSSR count). The topological polar surface area (TPSA) is 9.23 Å². The maximum absolute atomic E-state index is 13.0. The predicted molar refractivity (Wildman–Crippen MR) is 59.7 cm³/mol. The van der Waals surface area contributed by atoms with Gasteiger partial charge in [-0.25, -0.2) is 4.39 Å². The quantitative estimate of drug-likeness (QED) is 0.761. The minimum absolute atomic E-state index is 0.166. The van der Waals surface area contributed by atoms with E-state index >= 15 is 0 Å². The van der Waals surface area contributed by atoms with Gasteiger partial charge in [0.1, 0.15) is 11.6 Å². The van der Waals surface area contributed by atoms with Crippen molar-refractivity contribution >= 4 is 12.6 Å². The third kappa shape index (κ3) is 3.22. The molecule has 0 N–H and O–H groups in total. The lowest BCUT2D eigenvalue weighted by molar-refractivity contribution is 0.406. The summed E-state index contributed by atoms with van der Waals surface area (Å²) in [7, 11) is 1.59.